The fourth-order valence-electron chi connectivity index (χ4n) is 3.32. The first kappa shape index (κ1) is 17.1. The molecule has 2 aromatic heterocycles. The smallest absolute Gasteiger partial charge is 0.274 e. The number of nitrogens with zero attached hydrogens (tertiary/aromatic N) is 7. The Morgan fingerprint density at radius 1 is 1.04 bits per heavy atom. The van der Waals surface area contributed by atoms with Gasteiger partial charge in [0.15, 0.2) is 0 Å². The summed E-state index contributed by atoms with van der Waals surface area (Å²) in [5.41, 5.74) is 2.44. The van der Waals surface area contributed by atoms with Crippen molar-refractivity contribution < 1.29 is 4.79 Å². The molecular weight excluding hydrogens is 342 g/mol. The van der Waals surface area contributed by atoms with E-state index in [1.807, 2.05) is 30.0 Å². The maximum atomic E-state index is 12.5. The molecule has 1 aromatic carbocycles. The number of piperazine rings is 1. The van der Waals surface area contributed by atoms with Crippen LogP contribution < -0.4 is 9.80 Å². The van der Waals surface area contributed by atoms with E-state index in [1.165, 1.54) is 6.20 Å². The first-order valence-corrected chi connectivity index (χ1v) is 8.86. The van der Waals surface area contributed by atoms with Crippen LogP contribution in [0.4, 0.5) is 11.5 Å². The van der Waals surface area contributed by atoms with E-state index >= 15 is 0 Å². The number of fused-ring (bicyclic) bond motifs is 1. The zero-order valence-corrected chi connectivity index (χ0v) is 15.4. The van der Waals surface area contributed by atoms with Gasteiger partial charge in [0.25, 0.3) is 5.91 Å². The third kappa shape index (κ3) is 3.38. The van der Waals surface area contributed by atoms with Gasteiger partial charge in [-0.15, -0.1) is 0 Å². The summed E-state index contributed by atoms with van der Waals surface area (Å²) in [5.74, 6) is 0.836. The van der Waals surface area contributed by atoms with Crippen molar-refractivity contribution in [3.8, 4) is 0 Å². The molecule has 27 heavy (non-hydrogen) atoms. The van der Waals surface area contributed by atoms with Gasteiger partial charge in [-0.05, 0) is 18.2 Å². The number of hydrogen-bond acceptors (Lipinski definition) is 7. The SMILES string of the molecule is CN(C)c1ncnc2ccc(N3CCN(C(=O)c4cnccn4)CC3)cc12. The number of aromatic nitrogens is 4. The summed E-state index contributed by atoms with van der Waals surface area (Å²) in [6.45, 7) is 2.84. The lowest BCUT2D eigenvalue weighted by molar-refractivity contribution is 0.0740. The zero-order valence-electron chi connectivity index (χ0n) is 15.4. The summed E-state index contributed by atoms with van der Waals surface area (Å²) in [5, 5.41) is 1.03. The standard InChI is InChI=1S/C19H21N7O/c1-24(2)18-15-11-14(3-4-16(15)22-13-23-18)25-7-9-26(10-8-25)19(27)17-12-20-5-6-21-17/h3-6,11-13H,7-10H2,1-2H3. The van der Waals surface area contributed by atoms with Gasteiger partial charge >= 0.3 is 0 Å². The number of amides is 1. The maximum Gasteiger partial charge on any atom is 0.274 e. The Hall–Kier alpha value is -3.29. The predicted molar refractivity (Wildman–Crippen MR) is 104 cm³/mol. The molecule has 0 atom stereocenters. The third-order valence-electron chi connectivity index (χ3n) is 4.74. The van der Waals surface area contributed by atoms with Crippen LogP contribution in [0.15, 0.2) is 43.1 Å². The van der Waals surface area contributed by atoms with Crippen LogP contribution in [0.25, 0.3) is 10.9 Å². The number of benzene rings is 1. The van der Waals surface area contributed by atoms with Crippen LogP contribution in [0, 0.1) is 0 Å². The van der Waals surface area contributed by atoms with Crippen LogP contribution >= 0.6 is 0 Å². The first-order chi connectivity index (χ1) is 13.1. The van der Waals surface area contributed by atoms with Gasteiger partial charge in [0.1, 0.15) is 17.8 Å². The summed E-state index contributed by atoms with van der Waals surface area (Å²) >= 11 is 0. The highest BCUT2D eigenvalue weighted by atomic mass is 16.2. The first-order valence-electron chi connectivity index (χ1n) is 8.86. The summed E-state index contributed by atoms with van der Waals surface area (Å²) in [6.07, 6.45) is 6.22. The molecular formula is C19H21N7O. The van der Waals surface area contributed by atoms with E-state index < -0.39 is 0 Å². The number of rotatable bonds is 3. The minimum atomic E-state index is -0.0652. The summed E-state index contributed by atoms with van der Waals surface area (Å²) in [7, 11) is 3.95. The lowest BCUT2D eigenvalue weighted by Gasteiger charge is -2.36. The van der Waals surface area contributed by atoms with Gasteiger partial charge in [0, 0.05) is 63.7 Å². The van der Waals surface area contributed by atoms with E-state index in [2.05, 4.69) is 37.0 Å². The Balaban J connectivity index is 1.51. The molecule has 0 saturated carbocycles. The maximum absolute atomic E-state index is 12.5. The molecule has 3 heterocycles. The van der Waals surface area contributed by atoms with Crippen molar-refractivity contribution in [2.75, 3.05) is 50.1 Å². The van der Waals surface area contributed by atoms with Crippen molar-refractivity contribution in [3.05, 3.63) is 48.8 Å². The van der Waals surface area contributed by atoms with Crippen molar-refractivity contribution in [1.29, 1.82) is 0 Å². The molecule has 8 heteroatoms. The van der Waals surface area contributed by atoms with Crippen molar-refractivity contribution in [2.45, 2.75) is 0 Å². The molecule has 0 aliphatic carbocycles. The summed E-state index contributed by atoms with van der Waals surface area (Å²) in [4.78, 5) is 35.5. The Kier molecular flexibility index (Phi) is 4.53. The second-order valence-corrected chi connectivity index (χ2v) is 6.66. The molecule has 0 spiro atoms. The molecule has 4 rings (SSSR count). The van der Waals surface area contributed by atoms with Crippen molar-refractivity contribution in [2.24, 2.45) is 0 Å². The third-order valence-corrected chi connectivity index (χ3v) is 4.74. The summed E-state index contributed by atoms with van der Waals surface area (Å²) in [6, 6.07) is 6.23. The fourth-order valence-corrected chi connectivity index (χ4v) is 3.32. The fraction of sp³-hybridized carbons (Fsp3) is 0.316. The monoisotopic (exact) mass is 363 g/mol. The highest BCUT2D eigenvalue weighted by Crippen LogP contribution is 2.27. The van der Waals surface area contributed by atoms with E-state index in [-0.39, 0.29) is 5.91 Å². The molecule has 0 bridgehead atoms. The van der Waals surface area contributed by atoms with Gasteiger partial charge < -0.3 is 14.7 Å². The minimum absolute atomic E-state index is 0.0652. The highest BCUT2D eigenvalue weighted by Gasteiger charge is 2.23. The van der Waals surface area contributed by atoms with Gasteiger partial charge in [-0.3, -0.25) is 9.78 Å². The second-order valence-electron chi connectivity index (χ2n) is 6.66. The number of carbonyl (C=O) groups is 1. The zero-order chi connectivity index (χ0) is 18.8. The van der Waals surface area contributed by atoms with Crippen LogP contribution in [-0.4, -0.2) is 71.0 Å². The van der Waals surface area contributed by atoms with E-state index in [1.54, 1.807) is 18.7 Å². The largest absolute Gasteiger partial charge is 0.368 e. The minimum Gasteiger partial charge on any atom is -0.368 e. The van der Waals surface area contributed by atoms with Crippen LogP contribution in [0.5, 0.6) is 0 Å². The lowest BCUT2D eigenvalue weighted by atomic mass is 10.1. The second kappa shape index (κ2) is 7.14. The lowest BCUT2D eigenvalue weighted by Crippen LogP contribution is -2.49. The van der Waals surface area contributed by atoms with Gasteiger partial charge in [0.05, 0.1) is 11.7 Å². The van der Waals surface area contributed by atoms with Crippen molar-refractivity contribution in [3.63, 3.8) is 0 Å². The summed E-state index contributed by atoms with van der Waals surface area (Å²) < 4.78 is 0. The number of anilines is 2. The van der Waals surface area contributed by atoms with Gasteiger partial charge in [-0.25, -0.2) is 15.0 Å². The van der Waals surface area contributed by atoms with Crippen molar-refractivity contribution in [1.82, 2.24) is 24.8 Å². The molecule has 1 amide bonds. The van der Waals surface area contributed by atoms with Crippen molar-refractivity contribution >= 4 is 28.3 Å². The van der Waals surface area contributed by atoms with Gasteiger partial charge in [-0.2, -0.15) is 0 Å². The molecule has 0 radical (unpaired) electrons. The molecule has 138 valence electrons. The normalized spacial score (nSPS) is 14.4. The molecule has 3 aromatic rings. The topological polar surface area (TPSA) is 78.4 Å². The Morgan fingerprint density at radius 3 is 2.56 bits per heavy atom. The van der Waals surface area contributed by atoms with Crippen LogP contribution in [0.2, 0.25) is 0 Å². The number of hydrogen-bond donors (Lipinski definition) is 0. The van der Waals surface area contributed by atoms with E-state index in [4.69, 9.17) is 0 Å². The average molecular weight is 363 g/mol. The predicted octanol–water partition coefficient (Wildman–Crippen LogP) is 1.45. The quantitative estimate of drug-likeness (QED) is 0.697. The Morgan fingerprint density at radius 2 is 1.85 bits per heavy atom. The Labute approximate surface area is 157 Å². The van der Waals surface area contributed by atoms with Gasteiger partial charge in [-0.1, -0.05) is 0 Å². The highest BCUT2D eigenvalue weighted by molar-refractivity contribution is 5.93. The number of carbonyl (C=O) groups excluding carboxylic acids is 1. The molecule has 1 aliphatic heterocycles. The average Bonchev–Trinajstić information content (AvgIpc) is 2.73. The Bertz CT molecular complexity index is 953. The molecule has 0 unspecified atom stereocenters. The van der Waals surface area contributed by atoms with Crippen LogP contribution in [0.1, 0.15) is 10.5 Å². The van der Waals surface area contributed by atoms with Crippen LogP contribution in [-0.2, 0) is 0 Å². The van der Waals surface area contributed by atoms with Gasteiger partial charge in [0.2, 0.25) is 0 Å². The molecule has 8 nitrogen and oxygen atoms in total. The van der Waals surface area contributed by atoms with E-state index in [0.29, 0.717) is 18.8 Å². The van der Waals surface area contributed by atoms with Crippen LogP contribution in [0.3, 0.4) is 0 Å². The molecule has 1 aliphatic rings. The van der Waals surface area contributed by atoms with E-state index in [9.17, 15) is 4.79 Å². The molecule has 1 saturated heterocycles. The van der Waals surface area contributed by atoms with E-state index in [0.717, 1.165) is 35.5 Å². The molecule has 0 N–H and O–H groups in total. The molecule has 1 fully saturated rings.